The van der Waals surface area contributed by atoms with E-state index in [1.165, 1.54) is 141 Å². The molecule has 0 radical (unpaired) electrons. The van der Waals surface area contributed by atoms with Gasteiger partial charge in [0, 0.05) is 19.3 Å². The minimum Gasteiger partial charge on any atom is -0.462 e. The highest BCUT2D eigenvalue weighted by atomic mass is 16.6. The number of unbranched alkanes of at least 4 members (excludes halogenated alkanes) is 29. The highest BCUT2D eigenvalue weighted by molar-refractivity contribution is 5.71. The zero-order chi connectivity index (χ0) is 43.0. The maximum Gasteiger partial charge on any atom is 0.306 e. The Balaban J connectivity index is 4.37. The van der Waals surface area contributed by atoms with E-state index in [-0.39, 0.29) is 31.1 Å². The van der Waals surface area contributed by atoms with E-state index >= 15 is 0 Å². The molecule has 0 saturated carbocycles. The van der Waals surface area contributed by atoms with Crippen LogP contribution in [0.15, 0.2) is 36.5 Å². The summed E-state index contributed by atoms with van der Waals surface area (Å²) in [6.07, 6.45) is 55.5. The molecule has 6 nitrogen and oxygen atoms in total. The maximum absolute atomic E-state index is 12.8. The van der Waals surface area contributed by atoms with Crippen molar-refractivity contribution in [3.8, 4) is 0 Å². The van der Waals surface area contributed by atoms with Gasteiger partial charge in [0.1, 0.15) is 13.2 Å². The standard InChI is InChI=1S/C53H96O6/c1-4-7-10-13-16-19-22-25-26-27-28-29-32-34-37-40-43-46-52(55)58-49-50(59-53(56)47-44-41-38-35-31-24-21-18-15-12-9-6-3)48-57-51(54)45-42-39-36-33-30-23-20-17-14-11-8-5-2/h16,19,25-26,28-29,50H,4-15,17-18,20-24,27,30-49H2,1-3H3/b19-16-,26-25-,29-28-/t50-/m0/s1. The van der Waals surface area contributed by atoms with Gasteiger partial charge in [0.05, 0.1) is 0 Å². The Morgan fingerprint density at radius 3 is 0.983 bits per heavy atom. The Hall–Kier alpha value is -2.37. The molecule has 0 aliphatic rings. The third-order valence-corrected chi connectivity index (χ3v) is 11.1. The van der Waals surface area contributed by atoms with Crippen molar-refractivity contribution in [3.05, 3.63) is 36.5 Å². The van der Waals surface area contributed by atoms with Gasteiger partial charge >= 0.3 is 17.9 Å². The van der Waals surface area contributed by atoms with Crippen LogP contribution in [0.4, 0.5) is 0 Å². The third-order valence-electron chi connectivity index (χ3n) is 11.1. The van der Waals surface area contributed by atoms with E-state index in [0.717, 1.165) is 83.5 Å². The molecule has 1 atom stereocenters. The molecule has 0 aromatic rings. The Kier molecular flexibility index (Phi) is 46.4. The van der Waals surface area contributed by atoms with Gasteiger partial charge in [-0.15, -0.1) is 0 Å². The lowest BCUT2D eigenvalue weighted by atomic mass is 10.0. The second kappa shape index (κ2) is 48.3. The summed E-state index contributed by atoms with van der Waals surface area (Å²) < 4.78 is 16.8. The second-order valence-corrected chi connectivity index (χ2v) is 17.1. The molecule has 0 heterocycles. The van der Waals surface area contributed by atoms with Crippen LogP contribution in [0.25, 0.3) is 0 Å². The van der Waals surface area contributed by atoms with Crippen molar-refractivity contribution in [2.75, 3.05) is 13.2 Å². The summed E-state index contributed by atoms with van der Waals surface area (Å²) in [7, 11) is 0. The lowest BCUT2D eigenvalue weighted by molar-refractivity contribution is -0.167. The van der Waals surface area contributed by atoms with Crippen LogP contribution in [0, 0.1) is 0 Å². The molecular weight excluding hydrogens is 733 g/mol. The molecule has 0 fully saturated rings. The van der Waals surface area contributed by atoms with E-state index in [1.54, 1.807) is 0 Å². The fraction of sp³-hybridized carbons (Fsp3) is 0.830. The van der Waals surface area contributed by atoms with E-state index in [9.17, 15) is 14.4 Å². The SMILES string of the molecule is CCCCC/C=C\C/C=C\C/C=C\CCCCCCC(=O)OC[C@H](COC(=O)CCCCCCCCCCCCCC)OC(=O)CCCCCCCCCCCCCC. The number of hydrogen-bond acceptors (Lipinski definition) is 6. The van der Waals surface area contributed by atoms with Crippen molar-refractivity contribution in [2.24, 2.45) is 0 Å². The Bertz CT molecular complexity index is 1000. The fourth-order valence-electron chi connectivity index (χ4n) is 7.27. The molecule has 0 unspecified atom stereocenters. The lowest BCUT2D eigenvalue weighted by Crippen LogP contribution is -2.30. The van der Waals surface area contributed by atoms with Crippen molar-refractivity contribution in [3.63, 3.8) is 0 Å². The highest BCUT2D eigenvalue weighted by Crippen LogP contribution is 2.15. The molecule has 0 spiro atoms. The maximum atomic E-state index is 12.8. The van der Waals surface area contributed by atoms with E-state index in [4.69, 9.17) is 14.2 Å². The number of esters is 3. The normalized spacial score (nSPS) is 12.3. The molecule has 0 bridgehead atoms. The van der Waals surface area contributed by atoms with Crippen LogP contribution in [0.3, 0.4) is 0 Å². The molecule has 0 rings (SSSR count). The molecule has 0 amide bonds. The third kappa shape index (κ3) is 46.5. The molecule has 0 aliphatic heterocycles. The number of hydrogen-bond donors (Lipinski definition) is 0. The van der Waals surface area contributed by atoms with Crippen LogP contribution in [0.2, 0.25) is 0 Å². The van der Waals surface area contributed by atoms with Gasteiger partial charge < -0.3 is 14.2 Å². The zero-order valence-corrected chi connectivity index (χ0v) is 39.3. The first-order chi connectivity index (χ1) is 29.0. The van der Waals surface area contributed by atoms with Crippen LogP contribution in [-0.4, -0.2) is 37.2 Å². The first-order valence-corrected chi connectivity index (χ1v) is 25.5. The molecule has 0 N–H and O–H groups in total. The number of allylic oxidation sites excluding steroid dienone is 6. The van der Waals surface area contributed by atoms with Gasteiger partial charge in [0.15, 0.2) is 6.10 Å². The largest absolute Gasteiger partial charge is 0.462 e. The lowest BCUT2D eigenvalue weighted by Gasteiger charge is -2.18. The number of carbonyl (C=O) groups excluding carboxylic acids is 3. The van der Waals surface area contributed by atoms with Crippen molar-refractivity contribution in [2.45, 2.75) is 271 Å². The van der Waals surface area contributed by atoms with Gasteiger partial charge in [-0.05, 0) is 57.8 Å². The average molecular weight is 829 g/mol. The van der Waals surface area contributed by atoms with Crippen LogP contribution < -0.4 is 0 Å². The predicted molar refractivity (Wildman–Crippen MR) is 252 cm³/mol. The summed E-state index contributed by atoms with van der Waals surface area (Å²) in [5.74, 6) is -0.888. The summed E-state index contributed by atoms with van der Waals surface area (Å²) in [6, 6.07) is 0. The number of ether oxygens (including phenoxy) is 3. The molecule has 0 saturated heterocycles. The van der Waals surface area contributed by atoms with Crippen LogP contribution in [0.1, 0.15) is 265 Å². The van der Waals surface area contributed by atoms with Crippen molar-refractivity contribution in [1.29, 1.82) is 0 Å². The second-order valence-electron chi connectivity index (χ2n) is 17.1. The topological polar surface area (TPSA) is 78.9 Å². The van der Waals surface area contributed by atoms with Gasteiger partial charge in [0.2, 0.25) is 0 Å². The fourth-order valence-corrected chi connectivity index (χ4v) is 7.27. The van der Waals surface area contributed by atoms with Gasteiger partial charge in [-0.2, -0.15) is 0 Å². The highest BCUT2D eigenvalue weighted by Gasteiger charge is 2.19. The molecule has 6 heteroatoms. The molecule has 0 aromatic carbocycles. The average Bonchev–Trinajstić information content (AvgIpc) is 3.23. The van der Waals surface area contributed by atoms with Crippen LogP contribution in [0.5, 0.6) is 0 Å². The zero-order valence-electron chi connectivity index (χ0n) is 39.3. The van der Waals surface area contributed by atoms with Crippen molar-refractivity contribution in [1.82, 2.24) is 0 Å². The Morgan fingerprint density at radius 2 is 0.610 bits per heavy atom. The quantitative estimate of drug-likeness (QED) is 0.0263. The summed E-state index contributed by atoms with van der Waals surface area (Å²) in [5, 5.41) is 0. The van der Waals surface area contributed by atoms with E-state index in [2.05, 4.69) is 57.2 Å². The van der Waals surface area contributed by atoms with Crippen molar-refractivity contribution < 1.29 is 28.6 Å². The Labute approximate surface area is 365 Å². The first-order valence-electron chi connectivity index (χ1n) is 25.5. The molecule has 0 aromatic heterocycles. The van der Waals surface area contributed by atoms with Gasteiger partial charge in [-0.25, -0.2) is 0 Å². The number of carbonyl (C=O) groups is 3. The summed E-state index contributed by atoms with van der Waals surface area (Å²) in [4.78, 5) is 37.9. The molecule has 344 valence electrons. The van der Waals surface area contributed by atoms with E-state index in [1.807, 2.05) is 0 Å². The van der Waals surface area contributed by atoms with Gasteiger partial charge in [-0.1, -0.05) is 224 Å². The van der Waals surface area contributed by atoms with E-state index in [0.29, 0.717) is 19.3 Å². The molecule has 0 aliphatic carbocycles. The van der Waals surface area contributed by atoms with Crippen LogP contribution in [-0.2, 0) is 28.6 Å². The monoisotopic (exact) mass is 829 g/mol. The number of rotatable bonds is 46. The summed E-state index contributed by atoms with van der Waals surface area (Å²) >= 11 is 0. The molecular formula is C53H96O6. The van der Waals surface area contributed by atoms with E-state index < -0.39 is 6.10 Å². The van der Waals surface area contributed by atoms with Gasteiger partial charge in [-0.3, -0.25) is 14.4 Å². The minimum absolute atomic E-state index is 0.0754. The summed E-state index contributed by atoms with van der Waals surface area (Å²) in [5.41, 5.74) is 0. The first kappa shape index (κ1) is 56.6. The Morgan fingerprint density at radius 1 is 0.339 bits per heavy atom. The minimum atomic E-state index is -0.775. The summed E-state index contributed by atoms with van der Waals surface area (Å²) in [6.45, 7) is 6.60. The predicted octanol–water partition coefficient (Wildman–Crippen LogP) is 16.5. The van der Waals surface area contributed by atoms with Gasteiger partial charge in [0.25, 0.3) is 0 Å². The molecule has 59 heavy (non-hydrogen) atoms. The smallest absolute Gasteiger partial charge is 0.306 e. The van der Waals surface area contributed by atoms with Crippen molar-refractivity contribution >= 4 is 17.9 Å². The van der Waals surface area contributed by atoms with Crippen LogP contribution >= 0.6 is 0 Å².